The molecular formula is C24H19F5N6O2. The molecule has 0 radical (unpaired) electrons. The average molecular weight is 518 g/mol. The van der Waals surface area contributed by atoms with Crippen molar-refractivity contribution >= 4 is 28.3 Å². The lowest BCUT2D eigenvalue weighted by Crippen LogP contribution is -2.26. The van der Waals surface area contributed by atoms with Crippen LogP contribution in [0.4, 0.5) is 27.8 Å². The Kier molecular flexibility index (Phi) is 7.05. The minimum absolute atomic E-state index is 0.00933. The van der Waals surface area contributed by atoms with Crippen molar-refractivity contribution in [1.82, 2.24) is 20.1 Å². The van der Waals surface area contributed by atoms with Gasteiger partial charge >= 0.3 is 12.8 Å². The Morgan fingerprint density at radius 3 is 2.51 bits per heavy atom. The first-order valence-electron chi connectivity index (χ1n) is 10.7. The summed E-state index contributed by atoms with van der Waals surface area (Å²) in [5, 5.41) is 17.4. The molecule has 13 heteroatoms. The Morgan fingerprint density at radius 2 is 1.86 bits per heavy atom. The number of benzene rings is 1. The number of alkyl halides is 5. The normalized spacial score (nSPS) is 14.8. The van der Waals surface area contributed by atoms with Crippen LogP contribution in [0, 0.1) is 5.41 Å². The molecule has 0 spiro atoms. The molecule has 0 fully saturated rings. The molecule has 0 bridgehead atoms. The second-order valence-electron chi connectivity index (χ2n) is 7.73. The van der Waals surface area contributed by atoms with Crippen molar-refractivity contribution in [1.29, 1.82) is 5.41 Å². The fraction of sp³-hybridized carbons (Fsp3) is 0.167. The van der Waals surface area contributed by atoms with Gasteiger partial charge in [0.25, 0.3) is 5.56 Å². The van der Waals surface area contributed by atoms with Crippen LogP contribution >= 0.6 is 0 Å². The van der Waals surface area contributed by atoms with Crippen molar-refractivity contribution < 1.29 is 26.7 Å². The minimum Gasteiger partial charge on any atom is -0.435 e. The summed E-state index contributed by atoms with van der Waals surface area (Å²) in [5.74, 6) is -0.275. The minimum atomic E-state index is -4.49. The van der Waals surface area contributed by atoms with Gasteiger partial charge in [0.05, 0.1) is 17.0 Å². The predicted molar refractivity (Wildman–Crippen MR) is 129 cm³/mol. The number of hydrogen-bond donors (Lipinski definition) is 3. The summed E-state index contributed by atoms with van der Waals surface area (Å²) in [6.45, 7) is -4.38. The van der Waals surface area contributed by atoms with Gasteiger partial charge < -0.3 is 20.8 Å². The molecule has 3 N–H and O–H groups in total. The maximum absolute atomic E-state index is 13.7. The average Bonchev–Trinajstić information content (AvgIpc) is 2.84. The summed E-state index contributed by atoms with van der Waals surface area (Å²) in [7, 11) is 1.65. The Hall–Kier alpha value is -4.55. The van der Waals surface area contributed by atoms with Crippen LogP contribution < -0.4 is 20.9 Å². The number of pyridine rings is 1. The van der Waals surface area contributed by atoms with Gasteiger partial charge in [-0.3, -0.25) is 4.79 Å². The highest BCUT2D eigenvalue weighted by atomic mass is 19.4. The first-order chi connectivity index (χ1) is 17.6. The van der Waals surface area contributed by atoms with Crippen molar-refractivity contribution in [2.75, 3.05) is 18.9 Å². The van der Waals surface area contributed by atoms with Crippen LogP contribution in [0.15, 0.2) is 71.2 Å². The number of hydrogen-bond acceptors (Lipinski definition) is 7. The first kappa shape index (κ1) is 25.5. The summed E-state index contributed by atoms with van der Waals surface area (Å²) >= 11 is 0. The van der Waals surface area contributed by atoms with E-state index in [1.807, 2.05) is 0 Å². The van der Waals surface area contributed by atoms with Crippen molar-refractivity contribution in [2.45, 2.75) is 12.8 Å². The van der Waals surface area contributed by atoms with Gasteiger partial charge in [0.1, 0.15) is 29.1 Å². The standard InChI is InChI=1S/C24H19F5N6O2/c1-31-11-14-10-15(4-7-17(14)30)35-22(36)20(13-2-5-16(6-3-13)37-23(25)26)21-18(34-35)8-9-19(33-21)32-12-24(27,28)29/h2-11,23,30-31H,12H2,1H3,(H,32,33)/b14-11-,30-17?. The van der Waals surface area contributed by atoms with E-state index in [2.05, 4.69) is 25.5 Å². The van der Waals surface area contributed by atoms with Crippen LogP contribution in [0.3, 0.4) is 0 Å². The SMILES string of the molecule is CN/C=C1/C=C(n2nc3ccc(NCC(F)(F)F)nc3c(-c3ccc(OC(F)F)cc3)c2=O)C=CC1=N. The van der Waals surface area contributed by atoms with Crippen LogP contribution in [-0.4, -0.2) is 46.9 Å². The van der Waals surface area contributed by atoms with Crippen LogP contribution in [-0.2, 0) is 0 Å². The summed E-state index contributed by atoms with van der Waals surface area (Å²) in [6, 6.07) is 7.91. The van der Waals surface area contributed by atoms with Gasteiger partial charge in [0, 0.05) is 18.8 Å². The number of halogens is 5. The fourth-order valence-corrected chi connectivity index (χ4v) is 3.56. The van der Waals surface area contributed by atoms with Crippen LogP contribution in [0.5, 0.6) is 5.75 Å². The summed E-state index contributed by atoms with van der Waals surface area (Å²) in [4.78, 5) is 17.9. The van der Waals surface area contributed by atoms with Crippen LogP contribution in [0.1, 0.15) is 0 Å². The molecule has 1 aliphatic carbocycles. The van der Waals surface area contributed by atoms with E-state index in [1.165, 1.54) is 48.6 Å². The van der Waals surface area contributed by atoms with Gasteiger partial charge in [0.15, 0.2) is 0 Å². The lowest BCUT2D eigenvalue weighted by atomic mass is 10.0. The molecule has 1 aliphatic rings. The van der Waals surface area contributed by atoms with E-state index in [0.29, 0.717) is 11.3 Å². The quantitative estimate of drug-likeness (QED) is 0.396. The largest absolute Gasteiger partial charge is 0.435 e. The van der Waals surface area contributed by atoms with Gasteiger partial charge in [-0.15, -0.1) is 0 Å². The Bertz CT molecular complexity index is 1490. The third kappa shape index (κ3) is 5.82. The van der Waals surface area contributed by atoms with Gasteiger partial charge in [-0.2, -0.15) is 31.7 Å². The van der Waals surface area contributed by atoms with E-state index >= 15 is 0 Å². The van der Waals surface area contributed by atoms with Crippen molar-refractivity contribution in [3.8, 4) is 16.9 Å². The zero-order chi connectivity index (χ0) is 26.7. The monoisotopic (exact) mass is 518 g/mol. The van der Waals surface area contributed by atoms with Crippen LogP contribution in [0.25, 0.3) is 27.9 Å². The number of ether oxygens (including phenoxy) is 1. The van der Waals surface area contributed by atoms with E-state index in [-0.39, 0.29) is 39.4 Å². The molecule has 2 heterocycles. The molecule has 1 aromatic carbocycles. The maximum Gasteiger partial charge on any atom is 0.405 e. The number of fused-ring (bicyclic) bond motifs is 1. The van der Waals surface area contributed by atoms with Crippen molar-refractivity contribution in [3.05, 3.63) is 76.8 Å². The lowest BCUT2D eigenvalue weighted by Gasteiger charge is -2.16. The molecule has 0 amide bonds. The molecule has 2 aromatic heterocycles. The topological polar surface area (TPSA) is 105 Å². The van der Waals surface area contributed by atoms with E-state index in [4.69, 9.17) is 5.41 Å². The Morgan fingerprint density at radius 1 is 1.14 bits per heavy atom. The third-order valence-corrected chi connectivity index (χ3v) is 5.14. The summed E-state index contributed by atoms with van der Waals surface area (Å²) in [6.07, 6.45) is 1.64. The molecule has 8 nitrogen and oxygen atoms in total. The molecule has 3 aromatic rings. The molecule has 0 atom stereocenters. The third-order valence-electron chi connectivity index (χ3n) is 5.14. The zero-order valence-corrected chi connectivity index (χ0v) is 19.1. The van der Waals surface area contributed by atoms with Crippen molar-refractivity contribution in [2.24, 2.45) is 0 Å². The van der Waals surface area contributed by atoms with Crippen molar-refractivity contribution in [3.63, 3.8) is 0 Å². The summed E-state index contributed by atoms with van der Waals surface area (Å²) < 4.78 is 68.7. The number of nitrogens with one attached hydrogen (secondary N) is 3. The molecule has 37 heavy (non-hydrogen) atoms. The number of rotatable bonds is 7. The number of nitrogens with zero attached hydrogens (tertiary/aromatic N) is 3. The zero-order valence-electron chi connectivity index (χ0n) is 19.1. The predicted octanol–water partition coefficient (Wildman–Crippen LogP) is 4.57. The van der Waals surface area contributed by atoms with Crippen LogP contribution in [0.2, 0.25) is 0 Å². The highest BCUT2D eigenvalue weighted by Gasteiger charge is 2.27. The summed E-state index contributed by atoms with van der Waals surface area (Å²) in [5.41, 5.74) is 0.777. The molecule has 0 unspecified atom stereocenters. The van der Waals surface area contributed by atoms with Gasteiger partial charge in [-0.25, -0.2) is 4.98 Å². The van der Waals surface area contributed by atoms with E-state index in [9.17, 15) is 26.7 Å². The van der Waals surface area contributed by atoms with E-state index < -0.39 is 24.9 Å². The van der Waals surface area contributed by atoms with Gasteiger partial charge in [0.2, 0.25) is 0 Å². The number of allylic oxidation sites excluding steroid dienone is 5. The number of anilines is 1. The first-order valence-corrected chi connectivity index (χ1v) is 10.7. The molecule has 4 rings (SSSR count). The Labute approximate surface area is 206 Å². The second kappa shape index (κ2) is 10.2. The fourth-order valence-electron chi connectivity index (χ4n) is 3.56. The molecule has 192 valence electrons. The molecular weight excluding hydrogens is 499 g/mol. The molecule has 0 saturated carbocycles. The number of aromatic nitrogens is 3. The smallest absolute Gasteiger partial charge is 0.405 e. The lowest BCUT2D eigenvalue weighted by molar-refractivity contribution is -0.115. The van der Waals surface area contributed by atoms with E-state index in [1.54, 1.807) is 19.3 Å². The van der Waals surface area contributed by atoms with E-state index in [0.717, 1.165) is 4.68 Å². The maximum atomic E-state index is 13.7. The molecule has 0 saturated heterocycles. The second-order valence-corrected chi connectivity index (χ2v) is 7.73. The van der Waals surface area contributed by atoms with Gasteiger partial charge in [-0.1, -0.05) is 12.1 Å². The highest BCUT2D eigenvalue weighted by molar-refractivity contribution is 6.12. The van der Waals surface area contributed by atoms with Gasteiger partial charge in [-0.05, 0) is 48.1 Å². The molecule has 0 aliphatic heterocycles. The highest BCUT2D eigenvalue weighted by Crippen LogP contribution is 2.28. The Balaban J connectivity index is 1.91.